The van der Waals surface area contributed by atoms with Crippen LogP contribution in [0.5, 0.6) is 0 Å². The molecule has 0 aliphatic carbocycles. The standard InChI is InChI=1S/C7H5N3O2S/c11-5(10-12)7-9-4-2-1-3-8-6(4)13-7/h1-3,12H,(H,10,11). The van der Waals surface area contributed by atoms with Crippen LogP contribution in [0, 0.1) is 0 Å². The number of carbonyl (C=O) groups excluding carboxylic acids is 1. The van der Waals surface area contributed by atoms with E-state index in [1.807, 2.05) is 0 Å². The van der Waals surface area contributed by atoms with Crippen LogP contribution in [0.25, 0.3) is 10.3 Å². The lowest BCUT2D eigenvalue weighted by atomic mass is 10.5. The number of fused-ring (bicyclic) bond motifs is 1. The summed E-state index contributed by atoms with van der Waals surface area (Å²) in [4.78, 5) is 19.6. The lowest BCUT2D eigenvalue weighted by molar-refractivity contribution is 0.0706. The molecule has 0 unspecified atom stereocenters. The molecule has 0 radical (unpaired) electrons. The number of rotatable bonds is 1. The van der Waals surface area contributed by atoms with Crippen molar-refractivity contribution in [2.24, 2.45) is 0 Å². The number of hydrogen-bond donors (Lipinski definition) is 2. The van der Waals surface area contributed by atoms with E-state index in [9.17, 15) is 4.79 Å². The van der Waals surface area contributed by atoms with E-state index in [0.717, 1.165) is 11.3 Å². The topological polar surface area (TPSA) is 75.1 Å². The Morgan fingerprint density at radius 2 is 2.46 bits per heavy atom. The molecule has 66 valence electrons. The summed E-state index contributed by atoms with van der Waals surface area (Å²) >= 11 is 1.14. The summed E-state index contributed by atoms with van der Waals surface area (Å²) in [7, 11) is 0. The zero-order valence-electron chi connectivity index (χ0n) is 6.39. The summed E-state index contributed by atoms with van der Waals surface area (Å²) < 4.78 is 0. The minimum atomic E-state index is -0.608. The van der Waals surface area contributed by atoms with Crippen LogP contribution in [0.1, 0.15) is 9.80 Å². The maximum absolute atomic E-state index is 10.9. The number of hydroxylamine groups is 1. The molecule has 1 amide bonds. The van der Waals surface area contributed by atoms with Crippen LogP contribution in [0.15, 0.2) is 18.3 Å². The van der Waals surface area contributed by atoms with Crippen LogP contribution in [-0.2, 0) is 0 Å². The third-order valence-electron chi connectivity index (χ3n) is 1.46. The number of nitrogens with zero attached hydrogens (tertiary/aromatic N) is 2. The van der Waals surface area contributed by atoms with Gasteiger partial charge in [0.2, 0.25) is 0 Å². The van der Waals surface area contributed by atoms with Gasteiger partial charge in [0.15, 0.2) is 5.01 Å². The number of amides is 1. The van der Waals surface area contributed by atoms with Gasteiger partial charge in [-0.3, -0.25) is 10.0 Å². The molecule has 0 aliphatic rings. The first-order valence-electron chi connectivity index (χ1n) is 3.47. The second kappa shape index (κ2) is 3.08. The Balaban J connectivity index is 2.56. The van der Waals surface area contributed by atoms with Crippen LogP contribution in [0.2, 0.25) is 0 Å². The molecule has 6 heteroatoms. The van der Waals surface area contributed by atoms with Crippen molar-refractivity contribution in [1.29, 1.82) is 0 Å². The highest BCUT2D eigenvalue weighted by Crippen LogP contribution is 2.18. The highest BCUT2D eigenvalue weighted by molar-refractivity contribution is 7.19. The summed E-state index contributed by atoms with van der Waals surface area (Å²) in [5.41, 5.74) is 2.18. The van der Waals surface area contributed by atoms with E-state index in [1.54, 1.807) is 18.3 Å². The quantitative estimate of drug-likeness (QED) is 0.521. The number of thiazole rings is 1. The molecule has 0 saturated carbocycles. The average molecular weight is 195 g/mol. The third kappa shape index (κ3) is 1.36. The molecule has 2 N–H and O–H groups in total. The molecule has 2 aromatic rings. The van der Waals surface area contributed by atoms with Gasteiger partial charge in [-0.25, -0.2) is 15.4 Å². The van der Waals surface area contributed by atoms with Gasteiger partial charge in [-0.15, -0.1) is 0 Å². The van der Waals surface area contributed by atoms with Crippen LogP contribution >= 0.6 is 11.3 Å². The van der Waals surface area contributed by atoms with Gasteiger partial charge in [0, 0.05) is 6.20 Å². The number of pyridine rings is 1. The van der Waals surface area contributed by atoms with Gasteiger partial charge in [-0.2, -0.15) is 0 Å². The Hall–Kier alpha value is -1.53. The van der Waals surface area contributed by atoms with Crippen molar-refractivity contribution in [2.45, 2.75) is 0 Å². The number of aromatic nitrogens is 2. The maximum Gasteiger partial charge on any atom is 0.303 e. The van der Waals surface area contributed by atoms with Crippen molar-refractivity contribution in [3.8, 4) is 0 Å². The van der Waals surface area contributed by atoms with Gasteiger partial charge >= 0.3 is 5.91 Å². The summed E-state index contributed by atoms with van der Waals surface area (Å²) in [6.07, 6.45) is 1.63. The lowest BCUT2D eigenvalue weighted by Crippen LogP contribution is -2.17. The predicted octanol–water partition coefficient (Wildman–Crippen LogP) is 0.810. The van der Waals surface area contributed by atoms with E-state index in [2.05, 4.69) is 9.97 Å². The van der Waals surface area contributed by atoms with E-state index >= 15 is 0 Å². The molecule has 0 atom stereocenters. The van der Waals surface area contributed by atoms with E-state index < -0.39 is 5.91 Å². The zero-order chi connectivity index (χ0) is 9.26. The molecule has 2 rings (SSSR count). The van der Waals surface area contributed by atoms with Gasteiger partial charge in [-0.05, 0) is 12.1 Å². The molecule has 0 bridgehead atoms. The molecule has 2 heterocycles. The van der Waals surface area contributed by atoms with E-state index in [1.165, 1.54) is 5.48 Å². The molecule has 0 spiro atoms. The monoisotopic (exact) mass is 195 g/mol. The minimum Gasteiger partial charge on any atom is -0.288 e. The van der Waals surface area contributed by atoms with Crippen LogP contribution in [-0.4, -0.2) is 21.1 Å². The second-order valence-electron chi connectivity index (χ2n) is 2.29. The first kappa shape index (κ1) is 8.09. The highest BCUT2D eigenvalue weighted by atomic mass is 32.1. The molecule has 0 aromatic carbocycles. The van der Waals surface area contributed by atoms with Crippen molar-refractivity contribution < 1.29 is 10.0 Å². The Labute approximate surface area is 77.0 Å². The van der Waals surface area contributed by atoms with Crippen molar-refractivity contribution in [1.82, 2.24) is 15.4 Å². The lowest BCUT2D eigenvalue weighted by Gasteiger charge is -1.88. The predicted molar refractivity (Wildman–Crippen MR) is 46.7 cm³/mol. The fraction of sp³-hybridized carbons (Fsp3) is 0. The van der Waals surface area contributed by atoms with Gasteiger partial charge in [0.05, 0.1) is 0 Å². The van der Waals surface area contributed by atoms with Crippen molar-refractivity contribution in [3.05, 3.63) is 23.3 Å². The number of nitrogens with one attached hydrogen (secondary N) is 1. The smallest absolute Gasteiger partial charge is 0.288 e. The summed E-state index contributed by atoms with van der Waals surface area (Å²) in [5.74, 6) is -0.608. The number of hydrogen-bond acceptors (Lipinski definition) is 5. The average Bonchev–Trinajstić information content (AvgIpc) is 2.59. The molecular weight excluding hydrogens is 190 g/mol. The second-order valence-corrected chi connectivity index (χ2v) is 3.27. The molecule has 5 nitrogen and oxygen atoms in total. The van der Waals surface area contributed by atoms with Crippen molar-refractivity contribution in [3.63, 3.8) is 0 Å². The molecule has 0 aliphatic heterocycles. The zero-order valence-corrected chi connectivity index (χ0v) is 7.21. The summed E-state index contributed by atoms with van der Waals surface area (Å²) in [6, 6.07) is 3.50. The Morgan fingerprint density at radius 3 is 3.15 bits per heavy atom. The summed E-state index contributed by atoms with van der Waals surface area (Å²) in [6.45, 7) is 0. The van der Waals surface area contributed by atoms with Crippen LogP contribution in [0.4, 0.5) is 0 Å². The first-order valence-corrected chi connectivity index (χ1v) is 4.29. The number of carbonyl (C=O) groups is 1. The Morgan fingerprint density at radius 1 is 1.62 bits per heavy atom. The van der Waals surface area contributed by atoms with Gasteiger partial charge in [0.25, 0.3) is 0 Å². The van der Waals surface area contributed by atoms with Gasteiger partial charge in [-0.1, -0.05) is 11.3 Å². The molecule has 0 fully saturated rings. The van der Waals surface area contributed by atoms with E-state index in [-0.39, 0.29) is 5.01 Å². The largest absolute Gasteiger partial charge is 0.303 e. The van der Waals surface area contributed by atoms with Crippen molar-refractivity contribution in [2.75, 3.05) is 0 Å². The maximum atomic E-state index is 10.9. The first-order chi connectivity index (χ1) is 6.31. The van der Waals surface area contributed by atoms with E-state index in [0.29, 0.717) is 10.3 Å². The highest BCUT2D eigenvalue weighted by Gasteiger charge is 2.10. The molecular formula is C7H5N3O2S. The normalized spacial score (nSPS) is 10.2. The molecule has 0 saturated heterocycles. The minimum absolute atomic E-state index is 0.205. The fourth-order valence-corrected chi connectivity index (χ4v) is 1.71. The van der Waals surface area contributed by atoms with Crippen LogP contribution in [0.3, 0.4) is 0 Å². The fourth-order valence-electron chi connectivity index (χ4n) is 0.915. The Bertz CT molecular complexity index is 421. The van der Waals surface area contributed by atoms with Crippen LogP contribution < -0.4 is 5.48 Å². The molecule has 13 heavy (non-hydrogen) atoms. The third-order valence-corrected chi connectivity index (χ3v) is 2.44. The van der Waals surface area contributed by atoms with Gasteiger partial charge < -0.3 is 0 Å². The molecule has 2 aromatic heterocycles. The SMILES string of the molecule is O=C(NO)c1nc2cccnc2s1. The van der Waals surface area contributed by atoms with Gasteiger partial charge in [0.1, 0.15) is 10.3 Å². The summed E-state index contributed by atoms with van der Waals surface area (Å²) in [5, 5.41) is 8.56. The van der Waals surface area contributed by atoms with Crippen molar-refractivity contribution >= 4 is 27.6 Å². The Kier molecular flexibility index (Phi) is 1.91. The van der Waals surface area contributed by atoms with E-state index in [4.69, 9.17) is 5.21 Å².